The molecule has 0 saturated carbocycles. The molecular weight excluding hydrogens is 436 g/mol. The maximum absolute atomic E-state index is 13.4. The molecule has 1 N–H and O–H groups in total. The highest BCUT2D eigenvalue weighted by Gasteiger charge is 2.30. The first-order chi connectivity index (χ1) is 16.1. The standard InChI is InChI=1S/C27H29ClN2O3/c1-2-17-29-27(32)24(18-21-11-5-3-6-12-21)30(19-22-13-7-4-8-14-22)26(31)20-33-25-16-10-9-15-23(25)28/h3-16,24H,2,17-20H2,1H3,(H,29,32). The average Bonchev–Trinajstić information content (AvgIpc) is 2.85. The predicted octanol–water partition coefficient (Wildman–Crippen LogP) is 4.89. The number of nitrogens with one attached hydrogen (secondary N) is 1. The number of carbonyl (C=O) groups is 2. The molecule has 0 radical (unpaired) electrons. The molecular formula is C27H29ClN2O3. The summed E-state index contributed by atoms with van der Waals surface area (Å²) in [5.74, 6) is -0.0312. The minimum atomic E-state index is -0.679. The van der Waals surface area contributed by atoms with Crippen LogP contribution in [0.4, 0.5) is 0 Å². The fourth-order valence-corrected chi connectivity index (χ4v) is 3.67. The van der Waals surface area contributed by atoms with Crippen molar-refractivity contribution in [3.8, 4) is 5.75 Å². The second-order valence-electron chi connectivity index (χ2n) is 7.72. The first-order valence-electron chi connectivity index (χ1n) is 11.1. The van der Waals surface area contributed by atoms with Gasteiger partial charge in [0.2, 0.25) is 5.91 Å². The average molecular weight is 465 g/mol. The van der Waals surface area contributed by atoms with Gasteiger partial charge < -0.3 is 15.0 Å². The zero-order valence-electron chi connectivity index (χ0n) is 18.7. The minimum Gasteiger partial charge on any atom is -0.482 e. The van der Waals surface area contributed by atoms with E-state index in [1.165, 1.54) is 0 Å². The Labute approximate surface area is 200 Å². The van der Waals surface area contributed by atoms with Crippen LogP contribution in [-0.4, -0.2) is 35.9 Å². The highest BCUT2D eigenvalue weighted by molar-refractivity contribution is 6.32. The van der Waals surface area contributed by atoms with E-state index in [4.69, 9.17) is 16.3 Å². The number of amides is 2. The van der Waals surface area contributed by atoms with Gasteiger partial charge in [0.15, 0.2) is 6.61 Å². The van der Waals surface area contributed by atoms with E-state index in [1.807, 2.05) is 67.6 Å². The number of para-hydroxylation sites is 1. The van der Waals surface area contributed by atoms with E-state index >= 15 is 0 Å². The van der Waals surface area contributed by atoms with E-state index in [-0.39, 0.29) is 18.4 Å². The maximum atomic E-state index is 13.4. The van der Waals surface area contributed by atoms with Gasteiger partial charge in [-0.1, -0.05) is 91.3 Å². The summed E-state index contributed by atoms with van der Waals surface area (Å²) in [6.45, 7) is 2.62. The van der Waals surface area contributed by atoms with Crippen LogP contribution >= 0.6 is 11.6 Å². The Kier molecular flexibility index (Phi) is 9.33. The second-order valence-corrected chi connectivity index (χ2v) is 8.13. The summed E-state index contributed by atoms with van der Waals surface area (Å²) in [6, 6.07) is 25.7. The van der Waals surface area contributed by atoms with E-state index < -0.39 is 6.04 Å². The van der Waals surface area contributed by atoms with E-state index in [1.54, 1.807) is 29.2 Å². The molecule has 33 heavy (non-hydrogen) atoms. The normalized spacial score (nSPS) is 11.5. The number of rotatable bonds is 11. The lowest BCUT2D eigenvalue weighted by Gasteiger charge is -2.31. The zero-order valence-corrected chi connectivity index (χ0v) is 19.5. The van der Waals surface area contributed by atoms with Crippen LogP contribution < -0.4 is 10.1 Å². The molecule has 0 spiro atoms. The van der Waals surface area contributed by atoms with Crippen LogP contribution in [0.5, 0.6) is 5.75 Å². The molecule has 0 aliphatic heterocycles. The fourth-order valence-electron chi connectivity index (χ4n) is 3.48. The first kappa shape index (κ1) is 24.3. The van der Waals surface area contributed by atoms with Crippen LogP contribution in [0.25, 0.3) is 0 Å². The Bertz CT molecular complexity index is 1030. The van der Waals surface area contributed by atoms with Gasteiger partial charge in [0.25, 0.3) is 5.91 Å². The number of benzene rings is 3. The predicted molar refractivity (Wildman–Crippen MR) is 131 cm³/mol. The van der Waals surface area contributed by atoms with Crippen LogP contribution in [0, 0.1) is 0 Å². The number of hydrogen-bond acceptors (Lipinski definition) is 3. The summed E-state index contributed by atoms with van der Waals surface area (Å²) >= 11 is 6.18. The summed E-state index contributed by atoms with van der Waals surface area (Å²) < 4.78 is 5.72. The lowest BCUT2D eigenvalue weighted by Crippen LogP contribution is -2.51. The molecule has 0 bridgehead atoms. The third-order valence-electron chi connectivity index (χ3n) is 5.20. The first-order valence-corrected chi connectivity index (χ1v) is 11.5. The molecule has 6 heteroatoms. The Morgan fingerprint density at radius 2 is 1.52 bits per heavy atom. The topological polar surface area (TPSA) is 58.6 Å². The van der Waals surface area contributed by atoms with Gasteiger partial charge in [-0.3, -0.25) is 9.59 Å². The Morgan fingerprint density at radius 3 is 2.15 bits per heavy atom. The fraction of sp³-hybridized carbons (Fsp3) is 0.259. The third-order valence-corrected chi connectivity index (χ3v) is 5.52. The molecule has 172 valence electrons. The highest BCUT2D eigenvalue weighted by Crippen LogP contribution is 2.23. The lowest BCUT2D eigenvalue weighted by molar-refractivity contribution is -0.142. The van der Waals surface area contributed by atoms with Crippen LogP contribution in [0.2, 0.25) is 5.02 Å². The van der Waals surface area contributed by atoms with Gasteiger partial charge in [-0.05, 0) is 29.7 Å². The minimum absolute atomic E-state index is 0.178. The van der Waals surface area contributed by atoms with Crippen molar-refractivity contribution in [2.75, 3.05) is 13.2 Å². The largest absolute Gasteiger partial charge is 0.482 e. The van der Waals surface area contributed by atoms with Crippen LogP contribution in [-0.2, 0) is 22.6 Å². The smallest absolute Gasteiger partial charge is 0.261 e. The summed E-state index contributed by atoms with van der Waals surface area (Å²) in [5, 5.41) is 3.39. The second kappa shape index (κ2) is 12.7. The van der Waals surface area contributed by atoms with Crippen molar-refractivity contribution in [3.63, 3.8) is 0 Å². The van der Waals surface area contributed by atoms with Gasteiger partial charge in [-0.25, -0.2) is 0 Å². The maximum Gasteiger partial charge on any atom is 0.261 e. The highest BCUT2D eigenvalue weighted by atomic mass is 35.5. The molecule has 3 aromatic rings. The van der Waals surface area contributed by atoms with E-state index in [2.05, 4.69) is 5.32 Å². The van der Waals surface area contributed by atoms with E-state index in [0.717, 1.165) is 17.5 Å². The molecule has 0 saturated heterocycles. The Balaban J connectivity index is 1.87. The molecule has 0 aliphatic rings. The molecule has 5 nitrogen and oxygen atoms in total. The molecule has 1 unspecified atom stereocenters. The zero-order chi connectivity index (χ0) is 23.5. The summed E-state index contributed by atoms with van der Waals surface area (Å²) in [6.07, 6.45) is 1.22. The van der Waals surface area contributed by atoms with Crippen molar-refractivity contribution in [3.05, 3.63) is 101 Å². The van der Waals surface area contributed by atoms with Gasteiger partial charge in [0.1, 0.15) is 11.8 Å². The van der Waals surface area contributed by atoms with Crippen molar-refractivity contribution in [1.82, 2.24) is 10.2 Å². The van der Waals surface area contributed by atoms with Crippen molar-refractivity contribution in [1.29, 1.82) is 0 Å². The van der Waals surface area contributed by atoms with Crippen LogP contribution in [0.15, 0.2) is 84.9 Å². The van der Waals surface area contributed by atoms with Gasteiger partial charge >= 0.3 is 0 Å². The molecule has 3 aromatic carbocycles. The molecule has 0 aromatic heterocycles. The number of nitrogens with zero attached hydrogens (tertiary/aromatic N) is 1. The number of halogens is 1. The SMILES string of the molecule is CCCNC(=O)C(Cc1ccccc1)N(Cc1ccccc1)C(=O)COc1ccccc1Cl. The van der Waals surface area contributed by atoms with Crippen molar-refractivity contribution in [2.24, 2.45) is 0 Å². The van der Waals surface area contributed by atoms with Crippen molar-refractivity contribution < 1.29 is 14.3 Å². The molecule has 0 fully saturated rings. The number of hydrogen-bond donors (Lipinski definition) is 1. The van der Waals surface area contributed by atoms with Crippen LogP contribution in [0.1, 0.15) is 24.5 Å². The molecule has 3 rings (SSSR count). The molecule has 2 amide bonds. The Hall–Kier alpha value is -3.31. The van der Waals surface area contributed by atoms with Gasteiger partial charge in [0.05, 0.1) is 5.02 Å². The summed E-state index contributed by atoms with van der Waals surface area (Å²) in [7, 11) is 0. The molecule has 0 aliphatic carbocycles. The summed E-state index contributed by atoms with van der Waals surface area (Å²) in [4.78, 5) is 28.2. The van der Waals surface area contributed by atoms with E-state index in [0.29, 0.717) is 30.3 Å². The number of carbonyl (C=O) groups excluding carboxylic acids is 2. The van der Waals surface area contributed by atoms with Gasteiger partial charge in [-0.15, -0.1) is 0 Å². The molecule has 1 atom stereocenters. The quantitative estimate of drug-likeness (QED) is 0.439. The van der Waals surface area contributed by atoms with E-state index in [9.17, 15) is 9.59 Å². The molecule has 0 heterocycles. The Morgan fingerprint density at radius 1 is 0.909 bits per heavy atom. The summed E-state index contributed by atoms with van der Waals surface area (Å²) in [5.41, 5.74) is 1.91. The third kappa shape index (κ3) is 7.36. The van der Waals surface area contributed by atoms with Gasteiger partial charge in [0, 0.05) is 19.5 Å². The van der Waals surface area contributed by atoms with Crippen molar-refractivity contribution >= 4 is 23.4 Å². The van der Waals surface area contributed by atoms with Crippen LogP contribution in [0.3, 0.4) is 0 Å². The lowest BCUT2D eigenvalue weighted by atomic mass is 10.0. The van der Waals surface area contributed by atoms with Crippen molar-refractivity contribution in [2.45, 2.75) is 32.4 Å². The number of ether oxygens (including phenoxy) is 1. The van der Waals surface area contributed by atoms with Gasteiger partial charge in [-0.2, -0.15) is 0 Å². The monoisotopic (exact) mass is 464 g/mol.